The van der Waals surface area contributed by atoms with Gasteiger partial charge in [0.05, 0.1) is 11.3 Å². The van der Waals surface area contributed by atoms with Crippen molar-refractivity contribution in [3.05, 3.63) is 47.0 Å². The smallest absolute Gasteiger partial charge is 0.337 e. The minimum absolute atomic E-state index is 0.0482. The lowest BCUT2D eigenvalue weighted by molar-refractivity contribution is 0.0695. The number of nitrogens with one attached hydrogen (secondary N) is 1. The largest absolute Gasteiger partial charge is 0.478 e. The lowest BCUT2D eigenvalue weighted by Crippen LogP contribution is -2.24. The Morgan fingerprint density at radius 1 is 1.38 bits per heavy atom. The molecule has 0 aliphatic heterocycles. The van der Waals surface area contributed by atoms with Crippen LogP contribution in [0, 0.1) is 0 Å². The van der Waals surface area contributed by atoms with Crippen molar-refractivity contribution in [2.45, 2.75) is 19.9 Å². The maximum atomic E-state index is 12.0. The van der Waals surface area contributed by atoms with Gasteiger partial charge in [0.1, 0.15) is 5.69 Å². The van der Waals surface area contributed by atoms with E-state index in [1.54, 1.807) is 4.68 Å². The van der Waals surface area contributed by atoms with Crippen molar-refractivity contribution >= 4 is 11.9 Å². The number of aryl methyl sites for hydroxylation is 2. The monoisotopic (exact) mass is 288 g/mol. The van der Waals surface area contributed by atoms with Gasteiger partial charge in [-0.1, -0.05) is 6.92 Å². The number of carbonyl (C=O) groups is 2. The van der Waals surface area contributed by atoms with Crippen LogP contribution in [0.4, 0.5) is 0 Å². The molecule has 2 N–H and O–H groups in total. The molecule has 0 aliphatic rings. The zero-order chi connectivity index (χ0) is 15.4. The lowest BCUT2D eigenvalue weighted by Gasteiger charge is -2.04. The molecule has 0 spiro atoms. The SMILES string of the molecule is CCc1nn(C)cc1CNC(=O)c1ccc(C(=O)O)cn1. The van der Waals surface area contributed by atoms with Crippen molar-refractivity contribution < 1.29 is 14.7 Å². The van der Waals surface area contributed by atoms with Crippen LogP contribution in [0.1, 0.15) is 39.0 Å². The summed E-state index contributed by atoms with van der Waals surface area (Å²) in [5.41, 5.74) is 2.12. The summed E-state index contributed by atoms with van der Waals surface area (Å²) in [5, 5.41) is 15.8. The molecular formula is C14H16N4O3. The molecule has 2 heterocycles. The van der Waals surface area contributed by atoms with E-state index < -0.39 is 5.97 Å². The van der Waals surface area contributed by atoms with E-state index in [0.29, 0.717) is 6.54 Å². The van der Waals surface area contributed by atoms with E-state index in [1.165, 1.54) is 18.3 Å². The Bertz CT molecular complexity index is 661. The van der Waals surface area contributed by atoms with Gasteiger partial charge in [0.15, 0.2) is 0 Å². The summed E-state index contributed by atoms with van der Waals surface area (Å²) in [4.78, 5) is 26.5. The Hall–Kier alpha value is -2.70. The van der Waals surface area contributed by atoms with Gasteiger partial charge in [-0.2, -0.15) is 5.10 Å². The number of hydrogen-bond acceptors (Lipinski definition) is 4. The fourth-order valence-corrected chi connectivity index (χ4v) is 1.95. The molecule has 21 heavy (non-hydrogen) atoms. The van der Waals surface area contributed by atoms with Crippen molar-refractivity contribution in [3.8, 4) is 0 Å². The van der Waals surface area contributed by atoms with Gasteiger partial charge in [0.2, 0.25) is 0 Å². The Labute approximate surface area is 121 Å². The Morgan fingerprint density at radius 2 is 2.14 bits per heavy atom. The summed E-state index contributed by atoms with van der Waals surface area (Å²) >= 11 is 0. The van der Waals surface area contributed by atoms with Crippen molar-refractivity contribution in [1.29, 1.82) is 0 Å². The van der Waals surface area contributed by atoms with Crippen LogP contribution in [0.3, 0.4) is 0 Å². The molecule has 2 aromatic rings. The van der Waals surface area contributed by atoms with Crippen LogP contribution < -0.4 is 5.32 Å². The molecule has 0 saturated carbocycles. The molecule has 2 aromatic heterocycles. The zero-order valence-electron chi connectivity index (χ0n) is 11.8. The fraction of sp³-hybridized carbons (Fsp3) is 0.286. The molecule has 0 unspecified atom stereocenters. The highest BCUT2D eigenvalue weighted by atomic mass is 16.4. The van der Waals surface area contributed by atoms with Crippen LogP contribution >= 0.6 is 0 Å². The molecule has 2 rings (SSSR count). The van der Waals surface area contributed by atoms with E-state index in [0.717, 1.165) is 17.7 Å². The predicted molar refractivity (Wildman–Crippen MR) is 75.0 cm³/mol. The molecule has 0 saturated heterocycles. The third kappa shape index (κ3) is 3.44. The molecule has 0 atom stereocenters. The summed E-state index contributed by atoms with van der Waals surface area (Å²) in [6, 6.07) is 2.74. The number of aromatic nitrogens is 3. The van der Waals surface area contributed by atoms with E-state index in [1.807, 2.05) is 20.2 Å². The topological polar surface area (TPSA) is 97.1 Å². The van der Waals surface area contributed by atoms with Crippen molar-refractivity contribution in [3.63, 3.8) is 0 Å². The molecule has 0 aromatic carbocycles. The van der Waals surface area contributed by atoms with Crippen LogP contribution in [-0.2, 0) is 20.0 Å². The van der Waals surface area contributed by atoms with Gasteiger partial charge < -0.3 is 10.4 Å². The first-order valence-corrected chi connectivity index (χ1v) is 6.50. The second-order valence-corrected chi connectivity index (χ2v) is 4.55. The average molecular weight is 288 g/mol. The number of hydrogen-bond donors (Lipinski definition) is 2. The second-order valence-electron chi connectivity index (χ2n) is 4.55. The maximum absolute atomic E-state index is 12.0. The highest BCUT2D eigenvalue weighted by Gasteiger charge is 2.11. The number of aromatic carboxylic acids is 1. The van der Waals surface area contributed by atoms with Gasteiger partial charge in [-0.3, -0.25) is 14.5 Å². The second kappa shape index (κ2) is 6.17. The maximum Gasteiger partial charge on any atom is 0.337 e. The Morgan fingerprint density at radius 3 is 2.71 bits per heavy atom. The molecule has 1 amide bonds. The van der Waals surface area contributed by atoms with Crippen LogP contribution in [0.15, 0.2) is 24.5 Å². The molecule has 7 heteroatoms. The van der Waals surface area contributed by atoms with E-state index >= 15 is 0 Å². The Balaban J connectivity index is 2.02. The minimum Gasteiger partial charge on any atom is -0.478 e. The molecule has 0 radical (unpaired) electrons. The third-order valence-electron chi connectivity index (χ3n) is 3.01. The predicted octanol–water partition coefficient (Wildman–Crippen LogP) is 1.01. The molecule has 0 fully saturated rings. The number of carbonyl (C=O) groups excluding carboxylic acids is 1. The molecular weight excluding hydrogens is 272 g/mol. The molecule has 0 bridgehead atoms. The number of pyridine rings is 1. The van der Waals surface area contributed by atoms with Crippen LogP contribution in [-0.4, -0.2) is 31.7 Å². The summed E-state index contributed by atoms with van der Waals surface area (Å²) in [5.74, 6) is -1.42. The van der Waals surface area contributed by atoms with Gasteiger partial charge in [0, 0.05) is 31.5 Å². The average Bonchev–Trinajstić information content (AvgIpc) is 2.85. The molecule has 7 nitrogen and oxygen atoms in total. The van der Waals surface area contributed by atoms with Crippen LogP contribution in [0.5, 0.6) is 0 Å². The lowest BCUT2D eigenvalue weighted by atomic mass is 10.2. The van der Waals surface area contributed by atoms with E-state index in [4.69, 9.17) is 5.11 Å². The van der Waals surface area contributed by atoms with Gasteiger partial charge >= 0.3 is 5.97 Å². The Kier molecular flexibility index (Phi) is 4.32. The van der Waals surface area contributed by atoms with E-state index in [9.17, 15) is 9.59 Å². The molecule has 0 aliphatic carbocycles. The standard InChI is InChI=1S/C14H16N4O3/c1-3-11-10(8-18(2)17-11)7-16-13(19)12-5-4-9(6-15-12)14(20)21/h4-6,8H,3,7H2,1-2H3,(H,16,19)(H,20,21). The first kappa shape index (κ1) is 14.7. The quantitative estimate of drug-likeness (QED) is 0.855. The summed E-state index contributed by atoms with van der Waals surface area (Å²) in [7, 11) is 1.83. The van der Waals surface area contributed by atoms with Gasteiger partial charge in [0.25, 0.3) is 5.91 Å². The first-order valence-electron chi connectivity index (χ1n) is 6.50. The number of nitrogens with zero attached hydrogens (tertiary/aromatic N) is 3. The number of carboxylic acid groups (broad SMARTS) is 1. The number of carboxylic acids is 1. The highest BCUT2D eigenvalue weighted by molar-refractivity contribution is 5.93. The highest BCUT2D eigenvalue weighted by Crippen LogP contribution is 2.07. The van der Waals surface area contributed by atoms with Crippen molar-refractivity contribution in [2.75, 3.05) is 0 Å². The van der Waals surface area contributed by atoms with Crippen LogP contribution in [0.25, 0.3) is 0 Å². The summed E-state index contributed by atoms with van der Waals surface area (Å²) in [6.45, 7) is 2.36. The van der Waals surface area contributed by atoms with Gasteiger partial charge in [-0.15, -0.1) is 0 Å². The van der Waals surface area contributed by atoms with Crippen LogP contribution in [0.2, 0.25) is 0 Å². The first-order chi connectivity index (χ1) is 10.0. The van der Waals surface area contributed by atoms with Gasteiger partial charge in [-0.05, 0) is 18.6 Å². The zero-order valence-corrected chi connectivity index (χ0v) is 11.8. The third-order valence-corrected chi connectivity index (χ3v) is 3.01. The summed E-state index contributed by atoms with van der Waals surface area (Å²) in [6.07, 6.45) is 3.82. The summed E-state index contributed by atoms with van der Waals surface area (Å²) < 4.78 is 1.71. The van der Waals surface area contributed by atoms with Crippen molar-refractivity contribution in [2.24, 2.45) is 7.05 Å². The minimum atomic E-state index is -1.07. The molecule has 110 valence electrons. The fourth-order valence-electron chi connectivity index (χ4n) is 1.95. The van der Waals surface area contributed by atoms with Crippen molar-refractivity contribution in [1.82, 2.24) is 20.1 Å². The normalized spacial score (nSPS) is 10.4. The number of rotatable bonds is 5. The van der Waals surface area contributed by atoms with Gasteiger partial charge in [-0.25, -0.2) is 4.79 Å². The van der Waals surface area contributed by atoms with E-state index in [2.05, 4.69) is 15.4 Å². The van der Waals surface area contributed by atoms with E-state index in [-0.39, 0.29) is 17.2 Å². The number of amides is 1.